The molecular weight excluding hydrogens is 288 g/mol. The Labute approximate surface area is 140 Å². The van der Waals surface area contributed by atoms with Gasteiger partial charge in [-0.15, -0.1) is 0 Å². The van der Waals surface area contributed by atoms with E-state index in [9.17, 15) is 0 Å². The van der Waals surface area contributed by atoms with Crippen LogP contribution in [0.2, 0.25) is 10.6 Å². The first-order valence-electron chi connectivity index (χ1n) is 9.28. The highest BCUT2D eigenvalue weighted by Crippen LogP contribution is 2.58. The Hall–Kier alpha value is 0.137. The smallest absolute Gasteiger partial charge is 0.347 e. The van der Waals surface area contributed by atoms with Crippen LogP contribution >= 0.6 is 0 Å². The fraction of sp³-hybridized carbons (Fsp3) is 1.00. The fourth-order valence-electron chi connectivity index (χ4n) is 5.42. The quantitative estimate of drug-likeness (QED) is 0.533. The van der Waals surface area contributed by atoms with Gasteiger partial charge in [0.15, 0.2) is 0 Å². The van der Waals surface area contributed by atoms with Crippen LogP contribution in [0.1, 0.15) is 74.1 Å². The molecule has 132 valence electrons. The summed E-state index contributed by atoms with van der Waals surface area (Å²) >= 11 is 0. The van der Waals surface area contributed by atoms with E-state index in [0.29, 0.717) is 23.3 Å². The Kier molecular flexibility index (Phi) is 7.16. The van der Waals surface area contributed by atoms with Crippen LogP contribution in [0.5, 0.6) is 0 Å². The second kappa shape index (κ2) is 7.81. The molecule has 1 aliphatic rings. The Balaban J connectivity index is 3.24. The van der Waals surface area contributed by atoms with Gasteiger partial charge in [0.1, 0.15) is 0 Å². The molecule has 3 unspecified atom stereocenters. The molecular formula is C19H40O2Si. The highest BCUT2D eigenvalue weighted by atomic mass is 28.4. The minimum atomic E-state index is -2.33. The van der Waals surface area contributed by atoms with Crippen molar-refractivity contribution < 1.29 is 8.85 Å². The first-order valence-corrected chi connectivity index (χ1v) is 11.2. The van der Waals surface area contributed by atoms with Crippen LogP contribution in [0.3, 0.4) is 0 Å². The molecule has 2 nitrogen and oxygen atoms in total. The van der Waals surface area contributed by atoms with Crippen LogP contribution < -0.4 is 0 Å². The lowest BCUT2D eigenvalue weighted by molar-refractivity contribution is 0.121. The summed E-state index contributed by atoms with van der Waals surface area (Å²) < 4.78 is 12.7. The van der Waals surface area contributed by atoms with Gasteiger partial charge in [0.25, 0.3) is 0 Å². The van der Waals surface area contributed by atoms with Gasteiger partial charge in [-0.3, -0.25) is 0 Å². The molecule has 1 saturated carbocycles. The lowest BCUT2D eigenvalue weighted by atomic mass is 9.77. The zero-order valence-electron chi connectivity index (χ0n) is 16.5. The summed E-state index contributed by atoms with van der Waals surface area (Å²) in [6.07, 6.45) is 5.11. The van der Waals surface area contributed by atoms with Gasteiger partial charge in [0.05, 0.1) is 0 Å². The molecule has 0 saturated heterocycles. The van der Waals surface area contributed by atoms with Crippen LogP contribution in [0.25, 0.3) is 0 Å². The van der Waals surface area contributed by atoms with Crippen molar-refractivity contribution in [1.82, 2.24) is 0 Å². The summed E-state index contributed by atoms with van der Waals surface area (Å²) in [6.45, 7) is 16.7. The largest absolute Gasteiger partial charge is 0.397 e. The zero-order valence-corrected chi connectivity index (χ0v) is 17.5. The van der Waals surface area contributed by atoms with Gasteiger partial charge < -0.3 is 8.85 Å². The summed E-state index contributed by atoms with van der Waals surface area (Å²) in [6, 6.07) is 0. The minimum absolute atomic E-state index is 0.125. The van der Waals surface area contributed by atoms with Crippen LogP contribution in [-0.4, -0.2) is 22.8 Å². The SMILES string of the molecule is CCCC(C)C(C)(C)[Si](OC)(OC)C1C(C)CC(C)CC1C. The molecule has 0 aromatic heterocycles. The van der Waals surface area contributed by atoms with E-state index in [2.05, 4.69) is 48.5 Å². The maximum Gasteiger partial charge on any atom is 0.347 e. The molecule has 1 fully saturated rings. The lowest BCUT2D eigenvalue weighted by Gasteiger charge is -2.54. The van der Waals surface area contributed by atoms with Crippen molar-refractivity contribution in [2.24, 2.45) is 23.7 Å². The van der Waals surface area contributed by atoms with E-state index in [1.807, 2.05) is 14.2 Å². The molecule has 1 aliphatic carbocycles. The van der Waals surface area contributed by atoms with Crippen molar-refractivity contribution in [3.05, 3.63) is 0 Å². The van der Waals surface area contributed by atoms with Gasteiger partial charge in [-0.2, -0.15) is 0 Å². The Morgan fingerprint density at radius 2 is 1.50 bits per heavy atom. The molecule has 22 heavy (non-hydrogen) atoms. The zero-order chi connectivity index (χ0) is 17.1. The van der Waals surface area contributed by atoms with Crippen LogP contribution in [0, 0.1) is 23.7 Å². The summed E-state index contributed by atoms with van der Waals surface area (Å²) in [5, 5.41) is 0.125. The standard InChI is InChI=1S/C19H40O2Si/c1-10-11-17(5)19(6,7)22(20-8,21-9)18-15(3)12-14(2)13-16(18)4/h14-18H,10-13H2,1-9H3. The molecule has 0 aromatic carbocycles. The third kappa shape index (κ3) is 3.46. The molecule has 0 radical (unpaired) electrons. The van der Waals surface area contributed by atoms with Gasteiger partial charge in [-0.25, -0.2) is 0 Å². The molecule has 0 aromatic rings. The van der Waals surface area contributed by atoms with E-state index in [0.717, 1.165) is 5.92 Å². The van der Waals surface area contributed by atoms with Crippen molar-refractivity contribution in [1.29, 1.82) is 0 Å². The van der Waals surface area contributed by atoms with Crippen LogP contribution in [0.15, 0.2) is 0 Å². The molecule has 0 bridgehead atoms. The molecule has 0 N–H and O–H groups in total. The van der Waals surface area contributed by atoms with Gasteiger partial charge in [-0.1, -0.05) is 61.3 Å². The highest BCUT2D eigenvalue weighted by molar-refractivity contribution is 6.72. The van der Waals surface area contributed by atoms with E-state index in [1.165, 1.54) is 25.7 Å². The van der Waals surface area contributed by atoms with Crippen LogP contribution in [-0.2, 0) is 8.85 Å². The van der Waals surface area contributed by atoms with Gasteiger partial charge in [-0.05, 0) is 36.5 Å². The average molecular weight is 329 g/mol. The number of hydrogen-bond donors (Lipinski definition) is 0. The topological polar surface area (TPSA) is 18.5 Å². The van der Waals surface area contributed by atoms with E-state index < -0.39 is 8.56 Å². The van der Waals surface area contributed by atoms with E-state index in [4.69, 9.17) is 8.85 Å². The summed E-state index contributed by atoms with van der Waals surface area (Å²) in [7, 11) is 1.49. The monoisotopic (exact) mass is 328 g/mol. The third-order valence-electron chi connectivity index (χ3n) is 6.67. The van der Waals surface area contributed by atoms with Crippen molar-refractivity contribution in [3.63, 3.8) is 0 Å². The van der Waals surface area contributed by atoms with Crippen LogP contribution in [0.4, 0.5) is 0 Å². The van der Waals surface area contributed by atoms with Gasteiger partial charge in [0.2, 0.25) is 0 Å². The van der Waals surface area contributed by atoms with E-state index >= 15 is 0 Å². The predicted octanol–water partition coefficient (Wildman–Crippen LogP) is 6.01. The maximum absolute atomic E-state index is 6.35. The van der Waals surface area contributed by atoms with Crippen molar-refractivity contribution >= 4 is 8.56 Å². The lowest BCUT2D eigenvalue weighted by Crippen LogP contribution is -2.60. The maximum atomic E-state index is 6.35. The molecule has 3 atom stereocenters. The van der Waals surface area contributed by atoms with Crippen molar-refractivity contribution in [3.8, 4) is 0 Å². The van der Waals surface area contributed by atoms with Gasteiger partial charge in [0, 0.05) is 24.8 Å². The third-order valence-corrected chi connectivity index (χ3v) is 12.2. The Morgan fingerprint density at radius 1 is 1.05 bits per heavy atom. The summed E-state index contributed by atoms with van der Waals surface area (Å²) in [4.78, 5) is 0. The summed E-state index contributed by atoms with van der Waals surface area (Å²) in [5.41, 5.74) is 0.591. The Morgan fingerprint density at radius 3 is 1.86 bits per heavy atom. The first kappa shape index (κ1) is 20.2. The van der Waals surface area contributed by atoms with E-state index in [-0.39, 0.29) is 5.04 Å². The van der Waals surface area contributed by atoms with E-state index in [1.54, 1.807) is 0 Å². The second-order valence-electron chi connectivity index (χ2n) is 8.54. The minimum Gasteiger partial charge on any atom is -0.397 e. The van der Waals surface area contributed by atoms with Crippen molar-refractivity contribution in [2.75, 3.05) is 14.2 Å². The molecule has 0 heterocycles. The molecule has 3 heteroatoms. The van der Waals surface area contributed by atoms with Gasteiger partial charge >= 0.3 is 8.56 Å². The highest BCUT2D eigenvalue weighted by Gasteiger charge is 2.61. The predicted molar refractivity (Wildman–Crippen MR) is 98.4 cm³/mol. The first-order chi connectivity index (χ1) is 10.2. The van der Waals surface area contributed by atoms with Crippen molar-refractivity contribution in [2.45, 2.75) is 84.7 Å². The number of rotatable bonds is 7. The number of hydrogen-bond acceptors (Lipinski definition) is 2. The normalized spacial score (nSPS) is 32.0. The Bertz CT molecular complexity index is 326. The second-order valence-corrected chi connectivity index (χ2v) is 12.7. The molecule has 1 rings (SSSR count). The average Bonchev–Trinajstić information content (AvgIpc) is 2.42. The fourth-order valence-corrected chi connectivity index (χ4v) is 10.6. The molecule has 0 amide bonds. The molecule has 0 aliphatic heterocycles. The summed E-state index contributed by atoms with van der Waals surface area (Å²) in [5.74, 6) is 2.84. The molecule has 0 spiro atoms.